The van der Waals surface area contributed by atoms with Crippen LogP contribution >= 0.6 is 11.3 Å². The molecule has 0 atom stereocenters. The molecule has 0 fully saturated rings. The minimum atomic E-state index is -0.721. The standard InChI is InChI=1S/C18H11N5O5S/c24-16(10-2-1-7-19-9-10)22-18-21-12-4-3-11(8-14(12)29-18)20-17(25)13-5-6-15(28-13)23(26)27/h1-9H,(H,20,25)(H,21,22,24). The van der Waals surface area contributed by atoms with Crippen molar-refractivity contribution in [1.82, 2.24) is 9.97 Å². The Labute approximate surface area is 166 Å². The number of carbonyl (C=O) groups is 2. The average Bonchev–Trinajstić information content (AvgIpc) is 3.35. The van der Waals surface area contributed by atoms with Crippen LogP contribution in [0.4, 0.5) is 16.7 Å². The van der Waals surface area contributed by atoms with Crippen LogP contribution in [0.25, 0.3) is 10.2 Å². The van der Waals surface area contributed by atoms with E-state index < -0.39 is 16.7 Å². The predicted molar refractivity (Wildman–Crippen MR) is 105 cm³/mol. The molecule has 11 heteroatoms. The minimum absolute atomic E-state index is 0.175. The zero-order chi connectivity index (χ0) is 20.4. The first-order chi connectivity index (χ1) is 14.0. The van der Waals surface area contributed by atoms with E-state index in [1.165, 1.54) is 23.6 Å². The van der Waals surface area contributed by atoms with Crippen LogP contribution in [0.3, 0.4) is 0 Å². The van der Waals surface area contributed by atoms with Crippen molar-refractivity contribution in [3.05, 3.63) is 76.3 Å². The molecule has 1 aromatic carbocycles. The summed E-state index contributed by atoms with van der Waals surface area (Å²) in [5.74, 6) is -1.63. The molecule has 144 valence electrons. The van der Waals surface area contributed by atoms with E-state index in [4.69, 9.17) is 4.42 Å². The summed E-state index contributed by atoms with van der Waals surface area (Å²) in [6, 6.07) is 10.6. The number of hydrogen-bond acceptors (Lipinski definition) is 8. The van der Waals surface area contributed by atoms with Gasteiger partial charge in [-0.3, -0.25) is 30.0 Å². The molecule has 2 N–H and O–H groups in total. The van der Waals surface area contributed by atoms with Crippen molar-refractivity contribution in [3.63, 3.8) is 0 Å². The van der Waals surface area contributed by atoms with Crippen LogP contribution in [-0.2, 0) is 0 Å². The summed E-state index contributed by atoms with van der Waals surface area (Å²) in [5, 5.41) is 16.4. The van der Waals surface area contributed by atoms with Crippen LogP contribution in [0.5, 0.6) is 0 Å². The molecule has 4 rings (SSSR count). The largest absolute Gasteiger partial charge is 0.433 e. The maximum Gasteiger partial charge on any atom is 0.433 e. The topological polar surface area (TPSA) is 140 Å². The van der Waals surface area contributed by atoms with Crippen LogP contribution in [0, 0.1) is 10.1 Å². The molecular weight excluding hydrogens is 398 g/mol. The van der Waals surface area contributed by atoms with Crippen molar-refractivity contribution >= 4 is 50.1 Å². The van der Waals surface area contributed by atoms with E-state index in [1.807, 2.05) is 0 Å². The van der Waals surface area contributed by atoms with Crippen molar-refractivity contribution in [2.45, 2.75) is 0 Å². The highest BCUT2D eigenvalue weighted by Crippen LogP contribution is 2.29. The second-order valence-corrected chi connectivity index (χ2v) is 6.78. The summed E-state index contributed by atoms with van der Waals surface area (Å²) in [6.07, 6.45) is 3.03. The van der Waals surface area contributed by atoms with Crippen molar-refractivity contribution in [2.24, 2.45) is 0 Å². The smallest absolute Gasteiger partial charge is 0.395 e. The number of fused-ring (bicyclic) bond motifs is 1. The first kappa shape index (κ1) is 18.3. The third kappa shape index (κ3) is 3.94. The first-order valence-corrected chi connectivity index (χ1v) is 8.99. The highest BCUT2D eigenvalue weighted by atomic mass is 32.1. The van der Waals surface area contributed by atoms with E-state index in [-0.39, 0.29) is 11.7 Å². The molecule has 10 nitrogen and oxygen atoms in total. The maximum absolute atomic E-state index is 12.2. The zero-order valence-electron chi connectivity index (χ0n) is 14.5. The number of furan rings is 1. The van der Waals surface area contributed by atoms with Gasteiger partial charge < -0.3 is 9.73 Å². The molecule has 0 spiro atoms. The molecule has 0 aliphatic heterocycles. The lowest BCUT2D eigenvalue weighted by Gasteiger charge is -2.02. The number of rotatable bonds is 5. The van der Waals surface area contributed by atoms with Gasteiger partial charge in [0.05, 0.1) is 21.8 Å². The van der Waals surface area contributed by atoms with Crippen LogP contribution < -0.4 is 10.6 Å². The lowest BCUT2D eigenvalue weighted by molar-refractivity contribution is -0.402. The predicted octanol–water partition coefficient (Wildman–Crippen LogP) is 3.70. The molecule has 3 aromatic heterocycles. The van der Waals surface area contributed by atoms with Gasteiger partial charge in [0, 0.05) is 18.1 Å². The highest BCUT2D eigenvalue weighted by Gasteiger charge is 2.18. The Hall–Kier alpha value is -4.12. The number of carbonyl (C=O) groups excluding carboxylic acids is 2. The molecule has 0 unspecified atom stereocenters. The number of nitrogens with one attached hydrogen (secondary N) is 2. The number of anilines is 2. The first-order valence-electron chi connectivity index (χ1n) is 8.17. The monoisotopic (exact) mass is 409 g/mol. The van der Waals surface area contributed by atoms with Gasteiger partial charge in [0.15, 0.2) is 10.9 Å². The second kappa shape index (κ2) is 7.48. The Bertz CT molecular complexity index is 1230. The number of aromatic nitrogens is 2. The second-order valence-electron chi connectivity index (χ2n) is 5.75. The molecule has 29 heavy (non-hydrogen) atoms. The molecule has 4 aromatic rings. The van der Waals surface area contributed by atoms with Gasteiger partial charge in [-0.1, -0.05) is 11.3 Å². The van der Waals surface area contributed by atoms with Gasteiger partial charge in [-0.05, 0) is 36.4 Å². The van der Waals surface area contributed by atoms with E-state index in [2.05, 4.69) is 20.6 Å². The van der Waals surface area contributed by atoms with Gasteiger partial charge in [0.2, 0.25) is 0 Å². The Kier molecular flexibility index (Phi) is 4.71. The van der Waals surface area contributed by atoms with Crippen molar-refractivity contribution < 1.29 is 18.9 Å². The van der Waals surface area contributed by atoms with E-state index >= 15 is 0 Å². The molecule has 0 aliphatic carbocycles. The molecule has 0 saturated carbocycles. The van der Waals surface area contributed by atoms with Gasteiger partial charge in [-0.2, -0.15) is 0 Å². The fourth-order valence-electron chi connectivity index (χ4n) is 2.46. The van der Waals surface area contributed by atoms with Crippen molar-refractivity contribution in [3.8, 4) is 0 Å². The number of nitrogens with zero attached hydrogens (tertiary/aromatic N) is 3. The summed E-state index contributed by atoms with van der Waals surface area (Å²) in [7, 11) is 0. The lowest BCUT2D eigenvalue weighted by Crippen LogP contribution is -2.11. The lowest BCUT2D eigenvalue weighted by atomic mass is 10.3. The maximum atomic E-state index is 12.2. The molecule has 0 radical (unpaired) electrons. The molecule has 0 saturated heterocycles. The van der Waals surface area contributed by atoms with Gasteiger partial charge >= 0.3 is 5.88 Å². The van der Waals surface area contributed by atoms with Crippen molar-refractivity contribution in [2.75, 3.05) is 10.6 Å². The third-order valence-corrected chi connectivity index (χ3v) is 4.72. The number of hydrogen-bond donors (Lipinski definition) is 2. The fourth-order valence-corrected chi connectivity index (χ4v) is 3.36. The van der Waals surface area contributed by atoms with Crippen LogP contribution in [0.1, 0.15) is 20.9 Å². The Balaban J connectivity index is 1.50. The van der Waals surface area contributed by atoms with Crippen LogP contribution in [-0.4, -0.2) is 26.7 Å². The van der Waals surface area contributed by atoms with E-state index in [0.717, 1.165) is 10.8 Å². The summed E-state index contributed by atoms with van der Waals surface area (Å²) in [4.78, 5) is 42.6. The average molecular weight is 409 g/mol. The van der Waals surface area contributed by atoms with Gasteiger partial charge in [0.25, 0.3) is 11.8 Å². The molecule has 3 heterocycles. The van der Waals surface area contributed by atoms with Gasteiger partial charge in [0.1, 0.15) is 4.92 Å². The number of nitro groups is 1. The SMILES string of the molecule is O=C(Nc1nc2ccc(NC(=O)c3ccc([N+](=O)[O-])o3)cc2s1)c1cccnc1. The molecule has 2 amide bonds. The van der Waals surface area contributed by atoms with E-state index in [9.17, 15) is 19.7 Å². The Morgan fingerprint density at radius 1 is 1.10 bits per heavy atom. The van der Waals surface area contributed by atoms with Gasteiger partial charge in [-0.25, -0.2) is 4.98 Å². The van der Waals surface area contributed by atoms with Crippen LogP contribution in [0.15, 0.2) is 59.3 Å². The quantitative estimate of drug-likeness (QED) is 0.378. The van der Waals surface area contributed by atoms with Crippen LogP contribution in [0.2, 0.25) is 0 Å². The molecule has 0 aliphatic rings. The number of amides is 2. The number of pyridine rings is 1. The Morgan fingerprint density at radius 3 is 2.69 bits per heavy atom. The number of benzene rings is 1. The third-order valence-electron chi connectivity index (χ3n) is 3.79. The summed E-state index contributed by atoms with van der Waals surface area (Å²) in [6.45, 7) is 0. The Morgan fingerprint density at radius 2 is 1.97 bits per heavy atom. The summed E-state index contributed by atoms with van der Waals surface area (Å²) in [5.41, 5.74) is 1.51. The highest BCUT2D eigenvalue weighted by molar-refractivity contribution is 7.22. The van der Waals surface area contributed by atoms with E-state index in [1.54, 1.807) is 36.5 Å². The van der Waals surface area contributed by atoms with Crippen molar-refractivity contribution in [1.29, 1.82) is 0 Å². The van der Waals surface area contributed by atoms with E-state index in [0.29, 0.717) is 21.9 Å². The normalized spacial score (nSPS) is 10.6. The van der Waals surface area contributed by atoms with Gasteiger partial charge in [-0.15, -0.1) is 0 Å². The zero-order valence-corrected chi connectivity index (χ0v) is 15.3. The summed E-state index contributed by atoms with van der Waals surface area (Å²) >= 11 is 1.24. The fraction of sp³-hybridized carbons (Fsp3) is 0. The molecule has 0 bridgehead atoms. The number of thiazole rings is 1. The summed E-state index contributed by atoms with van der Waals surface area (Å²) < 4.78 is 5.61. The molecular formula is C18H11N5O5S. The minimum Gasteiger partial charge on any atom is -0.395 e.